The van der Waals surface area contributed by atoms with Crippen LogP contribution in [0.3, 0.4) is 0 Å². The van der Waals surface area contributed by atoms with Gasteiger partial charge in [0.1, 0.15) is 18.0 Å². The highest BCUT2D eigenvalue weighted by atomic mass is 32.1. The predicted molar refractivity (Wildman–Crippen MR) is 75.0 cm³/mol. The molecule has 98 valence electrons. The molecule has 3 rings (SSSR count). The van der Waals surface area contributed by atoms with Gasteiger partial charge in [-0.3, -0.25) is 4.68 Å². The normalized spacial score (nSPS) is 12.7. The van der Waals surface area contributed by atoms with E-state index in [4.69, 9.17) is 0 Å². The zero-order valence-electron chi connectivity index (χ0n) is 10.9. The van der Waals surface area contributed by atoms with Crippen molar-refractivity contribution in [3.05, 3.63) is 41.4 Å². The fraction of sp³-hybridized carbons (Fsp3) is 0.308. The molecular formula is C13H15N5S. The molecule has 0 fully saturated rings. The van der Waals surface area contributed by atoms with Crippen LogP contribution in [0, 0.1) is 0 Å². The molecule has 19 heavy (non-hydrogen) atoms. The van der Waals surface area contributed by atoms with E-state index >= 15 is 0 Å². The Balaban J connectivity index is 2.06. The maximum absolute atomic E-state index is 4.48. The number of nitrogens with zero attached hydrogens (tertiary/aromatic N) is 5. The maximum Gasteiger partial charge on any atom is 0.149 e. The number of imidazole rings is 1. The third-order valence-electron chi connectivity index (χ3n) is 3.21. The van der Waals surface area contributed by atoms with Crippen LogP contribution in [0.4, 0.5) is 0 Å². The fourth-order valence-corrected chi connectivity index (χ4v) is 2.92. The maximum atomic E-state index is 4.48. The van der Waals surface area contributed by atoms with Gasteiger partial charge in [0, 0.05) is 30.4 Å². The van der Waals surface area contributed by atoms with E-state index in [0.717, 1.165) is 23.6 Å². The van der Waals surface area contributed by atoms with E-state index < -0.39 is 0 Å². The minimum atomic E-state index is 0.157. The lowest BCUT2D eigenvalue weighted by Crippen LogP contribution is -2.15. The molecule has 0 N–H and O–H groups in total. The first kappa shape index (κ1) is 12.1. The highest BCUT2D eigenvalue weighted by Gasteiger charge is 2.20. The Hall–Kier alpha value is -1.95. The van der Waals surface area contributed by atoms with E-state index in [2.05, 4.69) is 43.4 Å². The molecule has 0 amide bonds. The van der Waals surface area contributed by atoms with E-state index in [9.17, 15) is 0 Å². The topological polar surface area (TPSA) is 48.5 Å². The molecule has 0 saturated heterocycles. The van der Waals surface area contributed by atoms with Crippen molar-refractivity contribution in [2.45, 2.75) is 19.4 Å². The average Bonchev–Trinajstić information content (AvgIpc) is 3.11. The summed E-state index contributed by atoms with van der Waals surface area (Å²) >= 11 is 1.68. The van der Waals surface area contributed by atoms with Crippen molar-refractivity contribution in [1.82, 2.24) is 24.3 Å². The molecule has 0 radical (unpaired) electrons. The first-order chi connectivity index (χ1) is 9.31. The van der Waals surface area contributed by atoms with Gasteiger partial charge in [0.2, 0.25) is 0 Å². The Bertz CT molecular complexity index is 652. The minimum absolute atomic E-state index is 0.157. The van der Waals surface area contributed by atoms with Crippen LogP contribution in [-0.4, -0.2) is 24.3 Å². The molecule has 3 aromatic heterocycles. The van der Waals surface area contributed by atoms with Gasteiger partial charge in [0.25, 0.3) is 0 Å². The van der Waals surface area contributed by atoms with Gasteiger partial charge in [-0.25, -0.2) is 9.97 Å². The van der Waals surface area contributed by atoms with Crippen LogP contribution >= 0.6 is 11.3 Å². The zero-order valence-corrected chi connectivity index (χ0v) is 11.7. The molecule has 1 atom stereocenters. The summed E-state index contributed by atoms with van der Waals surface area (Å²) in [5, 5.41) is 8.34. The summed E-state index contributed by atoms with van der Waals surface area (Å²) in [5.74, 6) is 1.94. The summed E-state index contributed by atoms with van der Waals surface area (Å²) < 4.78 is 4.00. The quantitative estimate of drug-likeness (QED) is 0.734. The van der Waals surface area contributed by atoms with Crippen LogP contribution in [0.2, 0.25) is 0 Å². The molecule has 0 aromatic carbocycles. The van der Waals surface area contributed by atoms with Gasteiger partial charge in [-0.05, 0) is 17.9 Å². The third kappa shape index (κ3) is 2.08. The van der Waals surface area contributed by atoms with Crippen molar-refractivity contribution in [3.63, 3.8) is 0 Å². The van der Waals surface area contributed by atoms with E-state index in [0.29, 0.717) is 0 Å². The van der Waals surface area contributed by atoms with Crippen LogP contribution < -0.4 is 0 Å². The molecule has 0 aliphatic heterocycles. The average molecular weight is 273 g/mol. The highest BCUT2D eigenvalue weighted by molar-refractivity contribution is 7.08. The summed E-state index contributed by atoms with van der Waals surface area (Å²) in [7, 11) is 1.92. The second kappa shape index (κ2) is 4.97. The van der Waals surface area contributed by atoms with Crippen molar-refractivity contribution in [2.24, 2.45) is 7.05 Å². The summed E-state index contributed by atoms with van der Waals surface area (Å²) in [4.78, 5) is 8.85. The standard InChI is InChI=1S/C13H15N5S/c1-3-11(13-15-9-16-17(13)2)18-6-5-14-12(18)10-4-7-19-8-10/h4-9,11H,3H2,1-2H3. The SMILES string of the molecule is CCC(c1ncnn1C)n1ccnc1-c1ccsc1. The lowest BCUT2D eigenvalue weighted by molar-refractivity contribution is 0.509. The minimum Gasteiger partial charge on any atom is -0.320 e. The molecular weight excluding hydrogens is 258 g/mol. The van der Waals surface area contributed by atoms with Gasteiger partial charge in [-0.15, -0.1) is 0 Å². The Kier molecular flexibility index (Phi) is 3.16. The summed E-state index contributed by atoms with van der Waals surface area (Å²) in [6.07, 6.45) is 6.39. The Morgan fingerprint density at radius 1 is 1.37 bits per heavy atom. The predicted octanol–water partition coefficient (Wildman–Crippen LogP) is 2.74. The van der Waals surface area contributed by atoms with Crippen LogP contribution in [0.15, 0.2) is 35.5 Å². The largest absolute Gasteiger partial charge is 0.320 e. The molecule has 5 nitrogen and oxygen atoms in total. The van der Waals surface area contributed by atoms with Crippen molar-refractivity contribution in [3.8, 4) is 11.4 Å². The molecule has 0 aliphatic carbocycles. The summed E-state index contributed by atoms with van der Waals surface area (Å²) in [6.45, 7) is 2.15. The number of thiophene rings is 1. The molecule has 0 aliphatic rings. The monoisotopic (exact) mass is 273 g/mol. The van der Waals surface area contributed by atoms with Gasteiger partial charge >= 0.3 is 0 Å². The lowest BCUT2D eigenvalue weighted by atomic mass is 10.2. The van der Waals surface area contributed by atoms with E-state index in [1.54, 1.807) is 17.7 Å². The van der Waals surface area contributed by atoms with Gasteiger partial charge in [0.05, 0.1) is 6.04 Å². The Morgan fingerprint density at radius 2 is 2.26 bits per heavy atom. The smallest absolute Gasteiger partial charge is 0.149 e. The first-order valence-electron chi connectivity index (χ1n) is 6.20. The van der Waals surface area contributed by atoms with Crippen molar-refractivity contribution in [1.29, 1.82) is 0 Å². The molecule has 3 heterocycles. The Labute approximate surface area is 115 Å². The van der Waals surface area contributed by atoms with E-state index in [1.807, 2.05) is 24.1 Å². The van der Waals surface area contributed by atoms with Crippen molar-refractivity contribution >= 4 is 11.3 Å². The van der Waals surface area contributed by atoms with Crippen LogP contribution in [-0.2, 0) is 7.05 Å². The number of rotatable bonds is 4. The van der Waals surface area contributed by atoms with E-state index in [1.165, 1.54) is 0 Å². The van der Waals surface area contributed by atoms with Crippen molar-refractivity contribution < 1.29 is 0 Å². The molecule has 0 bridgehead atoms. The molecule has 6 heteroatoms. The van der Waals surface area contributed by atoms with Crippen LogP contribution in [0.25, 0.3) is 11.4 Å². The molecule has 1 unspecified atom stereocenters. The number of aromatic nitrogens is 5. The first-order valence-corrected chi connectivity index (χ1v) is 7.14. The van der Waals surface area contributed by atoms with Gasteiger partial charge in [-0.2, -0.15) is 16.4 Å². The fourth-order valence-electron chi connectivity index (χ4n) is 2.29. The zero-order chi connectivity index (χ0) is 13.2. The highest BCUT2D eigenvalue weighted by Crippen LogP contribution is 2.27. The summed E-state index contributed by atoms with van der Waals surface area (Å²) in [6, 6.07) is 2.25. The summed E-state index contributed by atoms with van der Waals surface area (Å²) in [5.41, 5.74) is 1.15. The van der Waals surface area contributed by atoms with Gasteiger partial charge in [0.15, 0.2) is 0 Å². The number of hydrogen-bond donors (Lipinski definition) is 0. The van der Waals surface area contributed by atoms with Gasteiger partial charge in [-0.1, -0.05) is 6.92 Å². The number of aryl methyl sites for hydroxylation is 1. The molecule has 0 spiro atoms. The third-order valence-corrected chi connectivity index (χ3v) is 3.90. The second-order valence-electron chi connectivity index (χ2n) is 4.34. The molecule has 0 saturated carbocycles. The van der Waals surface area contributed by atoms with Crippen LogP contribution in [0.5, 0.6) is 0 Å². The second-order valence-corrected chi connectivity index (χ2v) is 5.12. The van der Waals surface area contributed by atoms with Crippen LogP contribution in [0.1, 0.15) is 25.2 Å². The molecule has 3 aromatic rings. The Morgan fingerprint density at radius 3 is 2.89 bits per heavy atom. The number of hydrogen-bond acceptors (Lipinski definition) is 4. The van der Waals surface area contributed by atoms with Crippen molar-refractivity contribution in [2.75, 3.05) is 0 Å². The van der Waals surface area contributed by atoms with Gasteiger partial charge < -0.3 is 4.57 Å². The lowest BCUT2D eigenvalue weighted by Gasteiger charge is -2.18. The van der Waals surface area contributed by atoms with E-state index in [-0.39, 0.29) is 6.04 Å².